The van der Waals surface area contributed by atoms with Crippen LogP contribution in [-0.2, 0) is 55.6 Å². The molecule has 2 unspecified atom stereocenters. The minimum atomic E-state index is -4.74. The SMILES string of the molecule is CC1(C)C2=[N+](CCCCCC(=O)NCC(CCCCCC(=O)O)CNC(=O)CCCCCC3(C)/C(=C/C=C/C=C/2)N(CCCS(=O)(=O)O)c2ccc(S(=O)(=O)O)cc23)c2ccc(S(=O)(=O)[O-])cc21. The van der Waals surface area contributed by atoms with E-state index in [1.54, 1.807) is 24.3 Å². The lowest BCUT2D eigenvalue weighted by molar-refractivity contribution is -0.438. The lowest BCUT2D eigenvalue weighted by Gasteiger charge is -2.30. The molecule has 0 saturated carbocycles. The number of anilines is 1. The van der Waals surface area contributed by atoms with Crippen molar-refractivity contribution >= 4 is 65.2 Å². The van der Waals surface area contributed by atoms with Crippen molar-refractivity contribution in [2.24, 2.45) is 5.92 Å². The summed E-state index contributed by atoms with van der Waals surface area (Å²) in [5.41, 5.74) is 2.59. The fourth-order valence-corrected chi connectivity index (χ4v) is 11.0. The topological polar surface area (TPSA) is 268 Å². The van der Waals surface area contributed by atoms with Gasteiger partial charge in [0.2, 0.25) is 17.5 Å². The molecule has 0 fully saturated rings. The number of benzene rings is 2. The van der Waals surface area contributed by atoms with E-state index in [0.29, 0.717) is 107 Å². The van der Waals surface area contributed by atoms with Gasteiger partial charge in [-0.1, -0.05) is 43.9 Å². The van der Waals surface area contributed by atoms with E-state index in [2.05, 4.69) is 15.2 Å². The third kappa shape index (κ3) is 14.6. The number of amides is 2. The van der Waals surface area contributed by atoms with Gasteiger partial charge in [-0.2, -0.15) is 21.4 Å². The van der Waals surface area contributed by atoms with Crippen LogP contribution in [0.2, 0.25) is 0 Å². The fraction of sp³-hybridized carbons (Fsp3) is 0.542. The average molecular weight is 1000 g/mol. The van der Waals surface area contributed by atoms with Gasteiger partial charge in [0.1, 0.15) is 16.7 Å². The summed E-state index contributed by atoms with van der Waals surface area (Å²) in [6.07, 6.45) is 16.8. The smallest absolute Gasteiger partial charge is 0.303 e. The Morgan fingerprint density at radius 3 is 2.07 bits per heavy atom. The summed E-state index contributed by atoms with van der Waals surface area (Å²) < 4.78 is 107. The number of unbranched alkanes of at least 4 members (excludes halogenated alkanes) is 2. The monoisotopic (exact) mass is 1000 g/mol. The van der Waals surface area contributed by atoms with Crippen LogP contribution in [0.3, 0.4) is 0 Å². The van der Waals surface area contributed by atoms with Crippen LogP contribution in [0.15, 0.2) is 82.3 Å². The Balaban J connectivity index is 1.51. The molecule has 374 valence electrons. The highest BCUT2D eigenvalue weighted by Gasteiger charge is 2.45. The van der Waals surface area contributed by atoms with Crippen LogP contribution in [0, 0.1) is 5.92 Å². The molecule has 2 atom stereocenters. The van der Waals surface area contributed by atoms with E-state index in [-0.39, 0.29) is 53.3 Å². The molecule has 2 aromatic rings. The lowest BCUT2D eigenvalue weighted by atomic mass is 9.77. The largest absolute Gasteiger partial charge is 0.744 e. The van der Waals surface area contributed by atoms with Gasteiger partial charge in [-0.3, -0.25) is 23.5 Å². The molecule has 3 aliphatic rings. The Morgan fingerprint density at radius 1 is 0.794 bits per heavy atom. The number of nitrogens with zero attached hydrogens (tertiary/aromatic N) is 2. The second kappa shape index (κ2) is 23.3. The lowest BCUT2D eigenvalue weighted by Crippen LogP contribution is -2.36. The normalized spacial score (nSPS) is 23.2. The van der Waals surface area contributed by atoms with Gasteiger partial charge in [-0.25, -0.2) is 8.42 Å². The summed E-state index contributed by atoms with van der Waals surface area (Å²) in [6, 6.07) is 8.66. The molecule has 5 N–H and O–H groups in total. The second-order valence-corrected chi connectivity index (χ2v) is 23.1. The molecule has 17 nitrogen and oxygen atoms in total. The second-order valence-electron chi connectivity index (χ2n) is 18.7. The molecule has 0 aromatic heterocycles. The first kappa shape index (κ1) is 54.2. The van der Waals surface area contributed by atoms with Crippen molar-refractivity contribution in [2.45, 2.75) is 138 Å². The summed E-state index contributed by atoms with van der Waals surface area (Å²) in [5.74, 6) is -1.69. The number of carbonyl (C=O) groups is 3. The van der Waals surface area contributed by atoms with E-state index in [1.165, 1.54) is 24.3 Å². The summed E-state index contributed by atoms with van der Waals surface area (Å²) in [5, 5.41) is 15.1. The zero-order chi connectivity index (χ0) is 49.9. The van der Waals surface area contributed by atoms with Gasteiger partial charge in [0.15, 0.2) is 5.71 Å². The van der Waals surface area contributed by atoms with Crippen molar-refractivity contribution in [1.82, 2.24) is 10.6 Å². The number of aliphatic carboxylic acids is 1. The highest BCUT2D eigenvalue weighted by atomic mass is 32.2. The number of carboxylic acid groups (broad SMARTS) is 1. The predicted octanol–water partition coefficient (Wildman–Crippen LogP) is 6.67. The van der Waals surface area contributed by atoms with Crippen LogP contribution in [0.5, 0.6) is 0 Å². The minimum Gasteiger partial charge on any atom is -0.744 e. The Hall–Kier alpha value is -4.73. The van der Waals surface area contributed by atoms with Crippen molar-refractivity contribution in [3.63, 3.8) is 0 Å². The van der Waals surface area contributed by atoms with E-state index in [0.717, 1.165) is 23.5 Å². The van der Waals surface area contributed by atoms with Gasteiger partial charge < -0.3 is 25.2 Å². The van der Waals surface area contributed by atoms with E-state index < -0.39 is 52.9 Å². The third-order valence-electron chi connectivity index (χ3n) is 13.2. The number of carboxylic acids is 1. The number of nitrogens with one attached hydrogen (secondary N) is 2. The van der Waals surface area contributed by atoms with Gasteiger partial charge in [0.05, 0.1) is 21.0 Å². The molecule has 0 radical (unpaired) electrons. The maximum atomic E-state index is 13.1. The molecule has 0 aliphatic carbocycles. The van der Waals surface area contributed by atoms with Crippen molar-refractivity contribution in [1.29, 1.82) is 0 Å². The van der Waals surface area contributed by atoms with E-state index in [9.17, 15) is 53.3 Å². The van der Waals surface area contributed by atoms with E-state index in [1.807, 2.05) is 43.9 Å². The Morgan fingerprint density at radius 2 is 1.44 bits per heavy atom. The maximum absolute atomic E-state index is 13.1. The van der Waals surface area contributed by atoms with Crippen molar-refractivity contribution in [2.75, 3.05) is 36.8 Å². The van der Waals surface area contributed by atoms with Gasteiger partial charge >= 0.3 is 5.97 Å². The highest BCUT2D eigenvalue weighted by Crippen LogP contribution is 2.51. The summed E-state index contributed by atoms with van der Waals surface area (Å²) >= 11 is 0. The fourth-order valence-electron chi connectivity index (χ4n) is 9.54. The van der Waals surface area contributed by atoms with Crippen LogP contribution >= 0.6 is 0 Å². The molecule has 0 bridgehead atoms. The average Bonchev–Trinajstić information content (AvgIpc) is 3.60. The van der Waals surface area contributed by atoms with Crippen LogP contribution in [0.1, 0.15) is 128 Å². The summed E-state index contributed by atoms with van der Waals surface area (Å²) in [6.45, 7) is 7.20. The molecule has 0 saturated heterocycles. The first-order valence-corrected chi connectivity index (χ1v) is 27.8. The number of rotatable bonds is 12. The van der Waals surface area contributed by atoms with Crippen molar-refractivity contribution in [3.05, 3.63) is 83.6 Å². The van der Waals surface area contributed by atoms with Crippen molar-refractivity contribution < 1.29 is 63.0 Å². The number of hydrogen-bond donors (Lipinski definition) is 5. The summed E-state index contributed by atoms with van der Waals surface area (Å²) in [4.78, 5) is 38.4. The molecule has 0 spiro atoms. The minimum absolute atomic E-state index is 0.0432. The van der Waals surface area contributed by atoms with Gasteiger partial charge in [0.25, 0.3) is 20.2 Å². The zero-order valence-corrected chi connectivity index (χ0v) is 41.6. The van der Waals surface area contributed by atoms with Crippen LogP contribution in [0.25, 0.3) is 0 Å². The highest BCUT2D eigenvalue weighted by molar-refractivity contribution is 7.86. The first-order valence-electron chi connectivity index (χ1n) is 23.3. The first-order chi connectivity index (χ1) is 31.9. The Kier molecular flexibility index (Phi) is 18.5. The number of carbonyl (C=O) groups excluding carboxylic acids is 2. The molecular weight excluding hydrogens is 937 g/mol. The zero-order valence-electron chi connectivity index (χ0n) is 39.1. The van der Waals surface area contributed by atoms with Gasteiger partial charge in [0, 0.05) is 79.8 Å². The Labute approximate surface area is 401 Å². The van der Waals surface area contributed by atoms with Crippen LogP contribution < -0.4 is 15.5 Å². The van der Waals surface area contributed by atoms with E-state index >= 15 is 0 Å². The molecule has 2 amide bonds. The van der Waals surface area contributed by atoms with Gasteiger partial charge in [-0.05, 0) is 114 Å². The molecule has 20 heteroatoms. The third-order valence-corrected chi connectivity index (χ3v) is 15.7. The predicted molar refractivity (Wildman–Crippen MR) is 257 cm³/mol. The Bertz CT molecular complexity index is 2660. The molecule has 3 heterocycles. The standard InChI is InChI=1S/C48H66N4O13S3/c1-47(2)38-31-36(67(60,61)62)23-25-40(38)51-28-15-7-12-21-45(54)50-34-35(17-8-4-13-22-46(55)56)33-49-44(53)20-11-6-14-27-48(3)39-32-37(68(63,64)65)24-26-41(39)52(29-16-30-66(57,58)59)43(48)19-10-5-9-18-42(47)51/h5,9-10,18-19,23-26,31-32,35H,4,6-8,11-17,20-22,27-30,33-34H2,1-3H3,(H5-,49,50,53,54,55,56,57,58,59,60,61,62,63,64,65). The molecular formula is C48H66N4O13S3. The van der Waals surface area contributed by atoms with Gasteiger partial charge in [-0.15, -0.1) is 0 Å². The number of hydrogen-bond acceptors (Lipinski definition) is 11. The number of allylic oxidation sites excluding steroid dienone is 6. The number of fused-ring (bicyclic) bond motifs is 5. The van der Waals surface area contributed by atoms with E-state index in [4.69, 9.17) is 5.11 Å². The molecule has 5 rings (SSSR count). The maximum Gasteiger partial charge on any atom is 0.303 e. The molecule has 68 heavy (non-hydrogen) atoms. The molecule has 3 aliphatic heterocycles. The van der Waals surface area contributed by atoms with Crippen LogP contribution in [0.4, 0.5) is 11.4 Å². The molecule has 2 aromatic carbocycles. The quantitative estimate of drug-likeness (QED) is 0.0844. The summed E-state index contributed by atoms with van der Waals surface area (Å²) in [7, 11) is -13.6. The van der Waals surface area contributed by atoms with Crippen LogP contribution in [-0.4, -0.2) is 104 Å². The van der Waals surface area contributed by atoms with Crippen molar-refractivity contribution in [3.8, 4) is 0 Å².